The second kappa shape index (κ2) is 7.98. The average Bonchev–Trinajstić information content (AvgIpc) is 3.18. The fraction of sp³-hybridized carbons (Fsp3) is 0.238. The van der Waals surface area contributed by atoms with Crippen LogP contribution in [0.1, 0.15) is 24.7 Å². The minimum atomic E-state index is -0.0106. The number of para-hydroxylation sites is 1. The first-order valence-electron chi connectivity index (χ1n) is 9.17. The zero-order valence-corrected chi connectivity index (χ0v) is 16.6. The number of fused-ring (bicyclic) bond motifs is 1. The third kappa shape index (κ3) is 3.71. The lowest BCUT2D eigenvalue weighted by atomic mass is 10.1. The first-order chi connectivity index (χ1) is 13.7. The molecular formula is C21H20N4O2S. The lowest BCUT2D eigenvalue weighted by Crippen LogP contribution is -2.23. The van der Waals surface area contributed by atoms with Crippen molar-refractivity contribution in [2.75, 3.05) is 0 Å². The molecule has 0 aliphatic rings. The van der Waals surface area contributed by atoms with E-state index in [0.29, 0.717) is 40.1 Å². The van der Waals surface area contributed by atoms with Crippen LogP contribution in [0.15, 0.2) is 63.0 Å². The van der Waals surface area contributed by atoms with Crippen molar-refractivity contribution in [1.29, 1.82) is 0 Å². The number of hydrogen-bond donors (Lipinski definition) is 0. The zero-order chi connectivity index (χ0) is 19.5. The van der Waals surface area contributed by atoms with E-state index in [2.05, 4.69) is 15.1 Å². The predicted molar refractivity (Wildman–Crippen MR) is 110 cm³/mol. The van der Waals surface area contributed by atoms with Crippen LogP contribution in [0.4, 0.5) is 0 Å². The van der Waals surface area contributed by atoms with Crippen molar-refractivity contribution in [3.63, 3.8) is 0 Å². The summed E-state index contributed by atoms with van der Waals surface area (Å²) in [5.74, 6) is 1.55. The van der Waals surface area contributed by atoms with E-state index in [4.69, 9.17) is 4.52 Å². The largest absolute Gasteiger partial charge is 0.334 e. The number of thioether (sulfide) groups is 1. The summed E-state index contributed by atoms with van der Waals surface area (Å²) in [6.07, 6.45) is 0.854. The summed E-state index contributed by atoms with van der Waals surface area (Å²) >= 11 is 1.45. The maximum Gasteiger partial charge on any atom is 0.262 e. The van der Waals surface area contributed by atoms with Gasteiger partial charge in [0.2, 0.25) is 0 Å². The van der Waals surface area contributed by atoms with Gasteiger partial charge < -0.3 is 4.52 Å². The standard InChI is InChI=1S/C21H20N4O2S/c1-3-11-25-20(26)16-9-4-5-10-17(16)22-21(25)28-13-18-23-19(27-24-18)15-8-6-7-14(2)12-15/h4-10,12H,3,11,13H2,1-2H3. The molecule has 0 bridgehead atoms. The van der Waals surface area contributed by atoms with Gasteiger partial charge in [-0.3, -0.25) is 9.36 Å². The molecule has 0 amide bonds. The van der Waals surface area contributed by atoms with Gasteiger partial charge in [0, 0.05) is 12.1 Å². The fourth-order valence-electron chi connectivity index (χ4n) is 3.02. The average molecular weight is 392 g/mol. The van der Waals surface area contributed by atoms with Gasteiger partial charge in [0.15, 0.2) is 11.0 Å². The Morgan fingerprint density at radius 1 is 1.11 bits per heavy atom. The third-order valence-corrected chi connectivity index (χ3v) is 5.31. The van der Waals surface area contributed by atoms with E-state index in [0.717, 1.165) is 17.5 Å². The highest BCUT2D eigenvalue weighted by Gasteiger charge is 2.14. The summed E-state index contributed by atoms with van der Waals surface area (Å²) < 4.78 is 7.13. The van der Waals surface area contributed by atoms with E-state index in [1.54, 1.807) is 4.57 Å². The highest BCUT2D eigenvalue weighted by atomic mass is 32.2. The number of benzene rings is 2. The van der Waals surface area contributed by atoms with Crippen LogP contribution < -0.4 is 5.56 Å². The summed E-state index contributed by atoms with van der Waals surface area (Å²) in [6.45, 7) is 4.69. The van der Waals surface area contributed by atoms with Crippen molar-refractivity contribution in [1.82, 2.24) is 19.7 Å². The van der Waals surface area contributed by atoms with Crippen LogP contribution in [0.5, 0.6) is 0 Å². The second-order valence-electron chi connectivity index (χ2n) is 6.54. The first-order valence-corrected chi connectivity index (χ1v) is 10.2. The molecule has 4 rings (SSSR count). The van der Waals surface area contributed by atoms with Gasteiger partial charge in [0.25, 0.3) is 11.4 Å². The molecule has 2 aromatic heterocycles. The molecule has 2 aromatic carbocycles. The van der Waals surface area contributed by atoms with Gasteiger partial charge >= 0.3 is 0 Å². The number of hydrogen-bond acceptors (Lipinski definition) is 6. The Kier molecular flexibility index (Phi) is 5.25. The van der Waals surface area contributed by atoms with E-state index in [-0.39, 0.29) is 5.56 Å². The molecule has 0 fully saturated rings. The van der Waals surface area contributed by atoms with E-state index in [1.165, 1.54) is 11.8 Å². The lowest BCUT2D eigenvalue weighted by molar-refractivity contribution is 0.425. The Bertz CT molecular complexity index is 1180. The molecule has 0 saturated heterocycles. The van der Waals surface area contributed by atoms with E-state index >= 15 is 0 Å². The normalized spacial score (nSPS) is 11.2. The zero-order valence-electron chi connectivity index (χ0n) is 15.8. The summed E-state index contributed by atoms with van der Waals surface area (Å²) in [5, 5.41) is 5.39. The van der Waals surface area contributed by atoms with E-state index in [1.807, 2.05) is 62.4 Å². The smallest absolute Gasteiger partial charge is 0.262 e. The highest BCUT2D eigenvalue weighted by Crippen LogP contribution is 2.24. The lowest BCUT2D eigenvalue weighted by Gasteiger charge is -2.11. The van der Waals surface area contributed by atoms with Gasteiger partial charge in [-0.25, -0.2) is 4.98 Å². The van der Waals surface area contributed by atoms with E-state index in [9.17, 15) is 4.79 Å². The van der Waals surface area contributed by atoms with Gasteiger partial charge in [0.05, 0.1) is 16.7 Å². The Labute approximate surface area is 166 Å². The van der Waals surface area contributed by atoms with Gasteiger partial charge in [0.1, 0.15) is 0 Å². The molecule has 2 heterocycles. The molecule has 7 heteroatoms. The molecule has 0 atom stereocenters. The molecule has 6 nitrogen and oxygen atoms in total. The van der Waals surface area contributed by atoms with Crippen molar-refractivity contribution in [3.8, 4) is 11.5 Å². The van der Waals surface area contributed by atoms with Crippen LogP contribution in [0.25, 0.3) is 22.4 Å². The molecule has 28 heavy (non-hydrogen) atoms. The molecule has 0 unspecified atom stereocenters. The number of aryl methyl sites for hydroxylation is 1. The summed E-state index contributed by atoms with van der Waals surface area (Å²) in [6, 6.07) is 15.4. The number of aromatic nitrogens is 4. The second-order valence-corrected chi connectivity index (χ2v) is 7.48. The molecule has 0 radical (unpaired) electrons. The maximum atomic E-state index is 12.8. The topological polar surface area (TPSA) is 73.8 Å². The monoisotopic (exact) mass is 392 g/mol. The molecular weight excluding hydrogens is 372 g/mol. The number of rotatable bonds is 6. The number of nitrogens with zero attached hydrogens (tertiary/aromatic N) is 4. The van der Waals surface area contributed by atoms with Crippen LogP contribution in [0, 0.1) is 6.92 Å². The quantitative estimate of drug-likeness (QED) is 0.356. The van der Waals surface area contributed by atoms with Gasteiger partial charge in [-0.15, -0.1) is 0 Å². The van der Waals surface area contributed by atoms with Crippen molar-refractivity contribution in [2.45, 2.75) is 37.7 Å². The molecule has 0 N–H and O–H groups in total. The van der Waals surface area contributed by atoms with Gasteiger partial charge in [-0.1, -0.05) is 53.7 Å². The Hall–Kier alpha value is -2.93. The third-order valence-electron chi connectivity index (χ3n) is 4.34. The fourth-order valence-corrected chi connectivity index (χ4v) is 3.88. The summed E-state index contributed by atoms with van der Waals surface area (Å²) in [4.78, 5) is 22.0. The van der Waals surface area contributed by atoms with Gasteiger partial charge in [-0.2, -0.15) is 4.98 Å². The van der Waals surface area contributed by atoms with Crippen LogP contribution >= 0.6 is 11.8 Å². The highest BCUT2D eigenvalue weighted by molar-refractivity contribution is 7.98. The minimum absolute atomic E-state index is 0.0106. The van der Waals surface area contributed by atoms with Crippen molar-refractivity contribution in [3.05, 3.63) is 70.3 Å². The molecule has 0 spiro atoms. The molecule has 0 aliphatic carbocycles. The maximum absolute atomic E-state index is 12.8. The van der Waals surface area contributed by atoms with Gasteiger partial charge in [-0.05, 0) is 37.6 Å². The van der Waals surface area contributed by atoms with Crippen molar-refractivity contribution in [2.24, 2.45) is 0 Å². The minimum Gasteiger partial charge on any atom is -0.334 e. The van der Waals surface area contributed by atoms with Crippen LogP contribution in [-0.2, 0) is 12.3 Å². The molecule has 0 aliphatic heterocycles. The Morgan fingerprint density at radius 3 is 2.79 bits per heavy atom. The van der Waals surface area contributed by atoms with E-state index < -0.39 is 0 Å². The van der Waals surface area contributed by atoms with Crippen LogP contribution in [-0.4, -0.2) is 19.7 Å². The van der Waals surface area contributed by atoms with Crippen LogP contribution in [0.2, 0.25) is 0 Å². The van der Waals surface area contributed by atoms with Crippen LogP contribution in [0.3, 0.4) is 0 Å². The molecule has 142 valence electrons. The van der Waals surface area contributed by atoms with Crippen molar-refractivity contribution < 1.29 is 4.52 Å². The Morgan fingerprint density at radius 2 is 1.96 bits per heavy atom. The van der Waals surface area contributed by atoms with Crippen molar-refractivity contribution >= 4 is 22.7 Å². The predicted octanol–water partition coefficient (Wildman–Crippen LogP) is 4.46. The SMILES string of the molecule is CCCn1c(SCc2noc(-c3cccc(C)c3)n2)nc2ccccc2c1=O. The summed E-state index contributed by atoms with van der Waals surface area (Å²) in [5.41, 5.74) is 2.73. The summed E-state index contributed by atoms with van der Waals surface area (Å²) in [7, 11) is 0. The molecule has 0 saturated carbocycles. The first kappa shape index (κ1) is 18.4. The molecule has 4 aromatic rings. The Balaban J connectivity index is 1.61.